The predicted octanol–water partition coefficient (Wildman–Crippen LogP) is 4.88. The van der Waals surface area contributed by atoms with Crippen LogP contribution >= 0.6 is 31.9 Å². The molecule has 1 aromatic carbocycles. The van der Waals surface area contributed by atoms with E-state index in [1.807, 2.05) is 6.07 Å². The van der Waals surface area contributed by atoms with E-state index in [-0.39, 0.29) is 0 Å². The number of halogens is 2. The highest BCUT2D eigenvalue weighted by Crippen LogP contribution is 2.30. The standard InChI is InChI=1S/C14H16Br2N4/c1-3-4-17-13-12(16)14(19-8-18-13)20-11-6-9(2)5-10(15)7-11/h5-8H,3-4H2,1-2H3,(H2,17,18,19,20). The van der Waals surface area contributed by atoms with Gasteiger partial charge in [0, 0.05) is 16.7 Å². The van der Waals surface area contributed by atoms with Gasteiger partial charge in [-0.2, -0.15) is 0 Å². The van der Waals surface area contributed by atoms with E-state index >= 15 is 0 Å². The number of benzene rings is 1. The molecule has 0 bridgehead atoms. The van der Waals surface area contributed by atoms with Crippen molar-refractivity contribution in [1.82, 2.24) is 9.97 Å². The van der Waals surface area contributed by atoms with Crippen LogP contribution in [0.5, 0.6) is 0 Å². The molecule has 20 heavy (non-hydrogen) atoms. The molecule has 0 radical (unpaired) electrons. The first kappa shape index (κ1) is 15.3. The molecule has 2 aromatic rings. The van der Waals surface area contributed by atoms with Crippen molar-refractivity contribution in [3.63, 3.8) is 0 Å². The zero-order chi connectivity index (χ0) is 14.5. The smallest absolute Gasteiger partial charge is 0.150 e. The van der Waals surface area contributed by atoms with Crippen LogP contribution < -0.4 is 10.6 Å². The van der Waals surface area contributed by atoms with Crippen molar-refractivity contribution in [1.29, 1.82) is 0 Å². The minimum atomic E-state index is 0.746. The number of anilines is 3. The maximum Gasteiger partial charge on any atom is 0.150 e. The molecule has 0 saturated heterocycles. The Bertz CT molecular complexity index is 581. The van der Waals surface area contributed by atoms with E-state index in [2.05, 4.69) is 78.4 Å². The largest absolute Gasteiger partial charge is 0.369 e. The monoisotopic (exact) mass is 398 g/mol. The average Bonchev–Trinajstić information content (AvgIpc) is 2.38. The molecule has 0 aliphatic rings. The molecule has 6 heteroatoms. The van der Waals surface area contributed by atoms with Gasteiger partial charge < -0.3 is 10.6 Å². The van der Waals surface area contributed by atoms with Crippen LogP contribution in [0.15, 0.2) is 33.5 Å². The van der Waals surface area contributed by atoms with Crippen LogP contribution in [0.4, 0.5) is 17.3 Å². The zero-order valence-corrected chi connectivity index (χ0v) is 14.5. The van der Waals surface area contributed by atoms with Crippen LogP contribution in [0.25, 0.3) is 0 Å². The van der Waals surface area contributed by atoms with Gasteiger partial charge in [-0.1, -0.05) is 22.9 Å². The number of hydrogen-bond donors (Lipinski definition) is 2. The first-order valence-electron chi connectivity index (χ1n) is 6.38. The van der Waals surface area contributed by atoms with Gasteiger partial charge in [0.2, 0.25) is 0 Å². The minimum Gasteiger partial charge on any atom is -0.369 e. The maximum atomic E-state index is 4.28. The van der Waals surface area contributed by atoms with Crippen molar-refractivity contribution >= 4 is 49.2 Å². The van der Waals surface area contributed by atoms with Crippen molar-refractivity contribution in [2.45, 2.75) is 20.3 Å². The predicted molar refractivity (Wildman–Crippen MR) is 90.7 cm³/mol. The highest BCUT2D eigenvalue weighted by atomic mass is 79.9. The lowest BCUT2D eigenvalue weighted by atomic mass is 10.2. The van der Waals surface area contributed by atoms with Gasteiger partial charge in [0.15, 0.2) is 0 Å². The van der Waals surface area contributed by atoms with Crippen LogP contribution in [0.3, 0.4) is 0 Å². The molecule has 0 aliphatic heterocycles. The fourth-order valence-corrected chi connectivity index (χ4v) is 2.82. The van der Waals surface area contributed by atoms with Crippen LogP contribution in [0.1, 0.15) is 18.9 Å². The van der Waals surface area contributed by atoms with Crippen molar-refractivity contribution in [3.05, 3.63) is 39.0 Å². The quantitative estimate of drug-likeness (QED) is 0.752. The summed E-state index contributed by atoms with van der Waals surface area (Å²) in [6.07, 6.45) is 2.60. The molecule has 106 valence electrons. The Morgan fingerprint density at radius 3 is 2.55 bits per heavy atom. The van der Waals surface area contributed by atoms with Crippen molar-refractivity contribution < 1.29 is 0 Å². The molecule has 4 nitrogen and oxygen atoms in total. The summed E-state index contributed by atoms with van der Waals surface area (Å²) >= 11 is 7.04. The van der Waals surface area contributed by atoms with E-state index in [0.29, 0.717) is 0 Å². The number of rotatable bonds is 5. The molecule has 2 N–H and O–H groups in total. The molecule has 0 spiro atoms. The molecule has 0 atom stereocenters. The third-order valence-electron chi connectivity index (χ3n) is 2.64. The van der Waals surface area contributed by atoms with Gasteiger partial charge in [-0.25, -0.2) is 9.97 Å². The third-order valence-corrected chi connectivity index (χ3v) is 3.85. The van der Waals surface area contributed by atoms with Crippen molar-refractivity contribution in [3.8, 4) is 0 Å². The molecule has 0 fully saturated rings. The number of nitrogens with one attached hydrogen (secondary N) is 2. The second kappa shape index (κ2) is 7.04. The lowest BCUT2D eigenvalue weighted by Crippen LogP contribution is -2.05. The fraction of sp³-hybridized carbons (Fsp3) is 0.286. The van der Waals surface area contributed by atoms with Gasteiger partial charge in [0.1, 0.15) is 22.4 Å². The van der Waals surface area contributed by atoms with Crippen LogP contribution in [-0.2, 0) is 0 Å². The molecule has 2 rings (SSSR count). The summed E-state index contributed by atoms with van der Waals surface area (Å²) in [5, 5.41) is 6.57. The Balaban J connectivity index is 2.24. The van der Waals surface area contributed by atoms with E-state index < -0.39 is 0 Å². The Kier molecular flexibility index (Phi) is 5.37. The summed E-state index contributed by atoms with van der Waals surface area (Å²) in [6, 6.07) is 6.15. The Morgan fingerprint density at radius 2 is 1.85 bits per heavy atom. The van der Waals surface area contributed by atoms with Gasteiger partial charge in [-0.15, -0.1) is 0 Å². The van der Waals surface area contributed by atoms with Crippen molar-refractivity contribution in [2.24, 2.45) is 0 Å². The molecular weight excluding hydrogens is 384 g/mol. The summed E-state index contributed by atoms with van der Waals surface area (Å²) < 4.78 is 1.88. The Morgan fingerprint density at radius 1 is 1.10 bits per heavy atom. The summed E-state index contributed by atoms with van der Waals surface area (Å²) in [7, 11) is 0. The minimum absolute atomic E-state index is 0.746. The average molecular weight is 400 g/mol. The van der Waals surface area contributed by atoms with E-state index in [0.717, 1.165) is 39.2 Å². The normalized spacial score (nSPS) is 10.4. The summed E-state index contributed by atoms with van der Waals surface area (Å²) in [4.78, 5) is 8.51. The molecular formula is C14H16Br2N4. The number of nitrogens with zero attached hydrogens (tertiary/aromatic N) is 2. The SMILES string of the molecule is CCCNc1ncnc(Nc2cc(C)cc(Br)c2)c1Br. The highest BCUT2D eigenvalue weighted by molar-refractivity contribution is 9.11. The lowest BCUT2D eigenvalue weighted by Gasteiger charge is -2.12. The molecule has 0 amide bonds. The maximum absolute atomic E-state index is 4.28. The van der Waals surface area contributed by atoms with Gasteiger partial charge in [0.05, 0.1) is 0 Å². The number of aryl methyl sites for hydroxylation is 1. The summed E-state index contributed by atoms with van der Waals surface area (Å²) in [5.74, 6) is 1.55. The van der Waals surface area contributed by atoms with E-state index in [1.54, 1.807) is 6.33 Å². The molecule has 0 saturated carbocycles. The first-order valence-corrected chi connectivity index (χ1v) is 7.97. The molecule has 1 heterocycles. The van der Waals surface area contributed by atoms with Gasteiger partial charge >= 0.3 is 0 Å². The summed E-state index contributed by atoms with van der Waals surface area (Å²) in [5.41, 5.74) is 2.16. The zero-order valence-electron chi connectivity index (χ0n) is 11.4. The second-order valence-electron chi connectivity index (χ2n) is 4.45. The van der Waals surface area contributed by atoms with Crippen molar-refractivity contribution in [2.75, 3.05) is 17.2 Å². The van der Waals surface area contributed by atoms with E-state index in [9.17, 15) is 0 Å². The molecule has 0 aliphatic carbocycles. The van der Waals surface area contributed by atoms with Crippen LogP contribution in [-0.4, -0.2) is 16.5 Å². The number of hydrogen-bond acceptors (Lipinski definition) is 4. The Hall–Kier alpha value is -1.14. The highest BCUT2D eigenvalue weighted by Gasteiger charge is 2.08. The third kappa shape index (κ3) is 3.93. The van der Waals surface area contributed by atoms with E-state index in [4.69, 9.17) is 0 Å². The van der Waals surface area contributed by atoms with Gasteiger partial charge in [-0.05, 0) is 53.0 Å². The molecule has 1 aromatic heterocycles. The Labute approximate surface area is 135 Å². The lowest BCUT2D eigenvalue weighted by molar-refractivity contribution is 0.962. The van der Waals surface area contributed by atoms with E-state index in [1.165, 1.54) is 5.56 Å². The fourth-order valence-electron chi connectivity index (χ4n) is 1.77. The summed E-state index contributed by atoms with van der Waals surface area (Å²) in [6.45, 7) is 5.05. The topological polar surface area (TPSA) is 49.8 Å². The van der Waals surface area contributed by atoms with Crippen LogP contribution in [0.2, 0.25) is 0 Å². The first-order chi connectivity index (χ1) is 9.60. The van der Waals surface area contributed by atoms with Gasteiger partial charge in [-0.3, -0.25) is 0 Å². The number of aromatic nitrogens is 2. The molecule has 0 unspecified atom stereocenters. The second-order valence-corrected chi connectivity index (χ2v) is 6.16. The van der Waals surface area contributed by atoms with Crippen LogP contribution in [0, 0.1) is 6.92 Å². The van der Waals surface area contributed by atoms with Gasteiger partial charge in [0.25, 0.3) is 0 Å².